The number of hydrogen-bond donors (Lipinski definition) is 1. The molecule has 0 spiro atoms. The molecule has 1 atom stereocenters. The predicted octanol–water partition coefficient (Wildman–Crippen LogP) is 5.05. The van der Waals surface area contributed by atoms with Gasteiger partial charge in [-0.3, -0.25) is 4.79 Å². The summed E-state index contributed by atoms with van der Waals surface area (Å²) >= 11 is 1.70. The number of fused-ring (bicyclic) bond motifs is 1. The summed E-state index contributed by atoms with van der Waals surface area (Å²) in [5.74, 6) is 1.18. The standard InChI is InChI=1S/C25H31N3O2S/c1-3-30-21-11-12-22-23(17-21)31-25(27-22)28-15-13-20(14-16-28)24(29)26-18(2)9-10-19-7-5-4-6-8-19/h4-8,11-12,17-18,20H,3,9-10,13-16H2,1-2H3,(H,26,29)/t18-/m0/s1. The summed E-state index contributed by atoms with van der Waals surface area (Å²) in [4.78, 5) is 19.9. The highest BCUT2D eigenvalue weighted by molar-refractivity contribution is 7.22. The topological polar surface area (TPSA) is 54.5 Å². The minimum atomic E-state index is 0.0920. The Morgan fingerprint density at radius 3 is 2.74 bits per heavy atom. The van der Waals surface area contributed by atoms with Crippen molar-refractivity contribution >= 4 is 32.6 Å². The SMILES string of the molecule is CCOc1ccc2nc(N3CCC(C(=O)N[C@@H](C)CCc4ccccc4)CC3)sc2c1. The molecule has 0 bridgehead atoms. The van der Waals surface area contributed by atoms with Gasteiger partial charge in [0.15, 0.2) is 5.13 Å². The van der Waals surface area contributed by atoms with E-state index in [4.69, 9.17) is 9.72 Å². The zero-order valence-corrected chi connectivity index (χ0v) is 19.2. The molecule has 0 radical (unpaired) electrons. The monoisotopic (exact) mass is 437 g/mol. The van der Waals surface area contributed by atoms with Crippen molar-refractivity contribution < 1.29 is 9.53 Å². The molecule has 1 aromatic heterocycles. The van der Waals surface area contributed by atoms with Crippen LogP contribution in [-0.4, -0.2) is 36.6 Å². The third kappa shape index (κ3) is 5.56. The van der Waals surface area contributed by atoms with Crippen LogP contribution in [0.1, 0.15) is 38.7 Å². The van der Waals surface area contributed by atoms with E-state index in [9.17, 15) is 4.79 Å². The Bertz CT molecular complexity index is 996. The second kappa shape index (κ2) is 10.1. The predicted molar refractivity (Wildman–Crippen MR) is 128 cm³/mol. The Hall–Kier alpha value is -2.60. The molecule has 164 valence electrons. The van der Waals surface area contributed by atoms with Gasteiger partial charge in [-0.05, 0) is 63.3 Å². The number of amides is 1. The van der Waals surface area contributed by atoms with Gasteiger partial charge in [0.05, 0.1) is 16.8 Å². The number of piperidine rings is 1. The number of ether oxygens (including phenoxy) is 1. The van der Waals surface area contributed by atoms with Gasteiger partial charge in [0.1, 0.15) is 5.75 Å². The molecule has 4 rings (SSSR count). The van der Waals surface area contributed by atoms with Crippen molar-refractivity contribution in [1.82, 2.24) is 10.3 Å². The van der Waals surface area contributed by atoms with Gasteiger partial charge in [-0.1, -0.05) is 41.7 Å². The first kappa shape index (κ1) is 21.6. The van der Waals surface area contributed by atoms with Crippen LogP contribution in [0.2, 0.25) is 0 Å². The van der Waals surface area contributed by atoms with Crippen LogP contribution in [0, 0.1) is 5.92 Å². The minimum Gasteiger partial charge on any atom is -0.494 e. The summed E-state index contributed by atoms with van der Waals surface area (Å²) in [7, 11) is 0. The fourth-order valence-corrected chi connectivity index (χ4v) is 5.12. The number of rotatable bonds is 8. The number of carbonyl (C=O) groups is 1. The highest BCUT2D eigenvalue weighted by atomic mass is 32.1. The lowest BCUT2D eigenvalue weighted by molar-refractivity contribution is -0.126. The lowest BCUT2D eigenvalue weighted by atomic mass is 9.95. The van der Waals surface area contributed by atoms with Crippen molar-refractivity contribution in [2.75, 3.05) is 24.6 Å². The second-order valence-electron chi connectivity index (χ2n) is 8.25. The molecular formula is C25H31N3O2S. The van der Waals surface area contributed by atoms with E-state index in [-0.39, 0.29) is 17.9 Å². The van der Waals surface area contributed by atoms with Gasteiger partial charge >= 0.3 is 0 Å². The van der Waals surface area contributed by atoms with E-state index in [1.54, 1.807) is 11.3 Å². The fourth-order valence-electron chi connectivity index (χ4n) is 4.08. The van der Waals surface area contributed by atoms with Crippen LogP contribution in [0.15, 0.2) is 48.5 Å². The first-order chi connectivity index (χ1) is 15.1. The molecule has 1 aliphatic heterocycles. The first-order valence-electron chi connectivity index (χ1n) is 11.2. The Morgan fingerprint density at radius 2 is 2.00 bits per heavy atom. The Balaban J connectivity index is 1.27. The van der Waals surface area contributed by atoms with Crippen molar-refractivity contribution in [3.8, 4) is 5.75 Å². The van der Waals surface area contributed by atoms with Crippen molar-refractivity contribution in [1.29, 1.82) is 0 Å². The summed E-state index contributed by atoms with van der Waals surface area (Å²) in [6.45, 7) is 6.50. The van der Waals surface area contributed by atoms with Gasteiger partial charge in [0.2, 0.25) is 5.91 Å². The van der Waals surface area contributed by atoms with E-state index in [2.05, 4.69) is 47.5 Å². The molecule has 6 heteroatoms. The van der Waals surface area contributed by atoms with Gasteiger partial charge in [-0.15, -0.1) is 0 Å². The smallest absolute Gasteiger partial charge is 0.223 e. The highest BCUT2D eigenvalue weighted by Gasteiger charge is 2.27. The Kier molecular flexibility index (Phi) is 7.07. The Labute approximate surface area is 188 Å². The van der Waals surface area contributed by atoms with E-state index in [1.165, 1.54) is 5.56 Å². The van der Waals surface area contributed by atoms with E-state index < -0.39 is 0 Å². The summed E-state index contributed by atoms with van der Waals surface area (Å²) in [5.41, 5.74) is 2.33. The van der Waals surface area contributed by atoms with Crippen LogP contribution in [0.4, 0.5) is 5.13 Å². The molecule has 3 aromatic rings. The van der Waals surface area contributed by atoms with Crippen molar-refractivity contribution in [2.45, 2.75) is 45.6 Å². The lowest BCUT2D eigenvalue weighted by Gasteiger charge is -2.31. The first-order valence-corrected chi connectivity index (χ1v) is 12.1. The summed E-state index contributed by atoms with van der Waals surface area (Å²) in [6, 6.07) is 16.7. The van der Waals surface area contributed by atoms with E-state index in [0.717, 1.165) is 59.9 Å². The van der Waals surface area contributed by atoms with Gasteiger partial charge in [-0.2, -0.15) is 0 Å². The number of anilines is 1. The fraction of sp³-hybridized carbons (Fsp3) is 0.440. The molecule has 2 aromatic carbocycles. The van der Waals surface area contributed by atoms with Crippen molar-refractivity contribution in [2.24, 2.45) is 5.92 Å². The zero-order valence-electron chi connectivity index (χ0n) is 18.3. The van der Waals surface area contributed by atoms with Crippen molar-refractivity contribution in [3.05, 3.63) is 54.1 Å². The number of nitrogens with one attached hydrogen (secondary N) is 1. The summed E-state index contributed by atoms with van der Waals surface area (Å²) in [5, 5.41) is 4.27. The number of thiazole rings is 1. The van der Waals surface area contributed by atoms with E-state index >= 15 is 0 Å². The van der Waals surface area contributed by atoms with E-state index in [1.807, 2.05) is 25.1 Å². The largest absolute Gasteiger partial charge is 0.494 e. The molecule has 1 saturated heterocycles. The third-order valence-corrected chi connectivity index (χ3v) is 6.97. The quantitative estimate of drug-likeness (QED) is 0.536. The molecule has 1 aliphatic rings. The number of aromatic nitrogens is 1. The molecule has 31 heavy (non-hydrogen) atoms. The van der Waals surface area contributed by atoms with Crippen LogP contribution in [0.25, 0.3) is 10.2 Å². The molecule has 2 heterocycles. The van der Waals surface area contributed by atoms with Gasteiger partial charge in [0, 0.05) is 25.0 Å². The molecule has 1 fully saturated rings. The second-order valence-corrected chi connectivity index (χ2v) is 9.26. The molecule has 1 N–H and O–H groups in total. The molecule has 0 aliphatic carbocycles. The number of aryl methyl sites for hydroxylation is 1. The summed E-state index contributed by atoms with van der Waals surface area (Å²) < 4.78 is 6.75. The van der Waals surface area contributed by atoms with Crippen LogP contribution in [-0.2, 0) is 11.2 Å². The maximum absolute atomic E-state index is 12.7. The number of carbonyl (C=O) groups excluding carboxylic acids is 1. The average Bonchev–Trinajstić information content (AvgIpc) is 3.22. The Morgan fingerprint density at radius 1 is 1.23 bits per heavy atom. The average molecular weight is 438 g/mol. The van der Waals surface area contributed by atoms with E-state index in [0.29, 0.717) is 6.61 Å². The maximum atomic E-state index is 12.7. The third-order valence-electron chi connectivity index (χ3n) is 5.89. The molecule has 1 amide bonds. The normalized spacial score (nSPS) is 15.7. The lowest BCUT2D eigenvalue weighted by Crippen LogP contribution is -2.43. The number of benzene rings is 2. The van der Waals surface area contributed by atoms with Gasteiger partial charge in [-0.25, -0.2) is 4.98 Å². The summed E-state index contributed by atoms with van der Waals surface area (Å²) in [6.07, 6.45) is 3.70. The van der Waals surface area contributed by atoms with Gasteiger partial charge in [0.25, 0.3) is 0 Å². The van der Waals surface area contributed by atoms with Crippen LogP contribution in [0.3, 0.4) is 0 Å². The zero-order chi connectivity index (χ0) is 21.6. The van der Waals surface area contributed by atoms with Crippen LogP contribution < -0.4 is 15.0 Å². The number of nitrogens with zero attached hydrogens (tertiary/aromatic N) is 2. The highest BCUT2D eigenvalue weighted by Crippen LogP contribution is 2.33. The minimum absolute atomic E-state index is 0.0920. The molecular weight excluding hydrogens is 406 g/mol. The van der Waals surface area contributed by atoms with Crippen molar-refractivity contribution in [3.63, 3.8) is 0 Å². The molecule has 0 saturated carbocycles. The van der Waals surface area contributed by atoms with Gasteiger partial charge < -0.3 is 15.0 Å². The molecule has 0 unspecified atom stereocenters. The van der Waals surface area contributed by atoms with Crippen LogP contribution >= 0.6 is 11.3 Å². The maximum Gasteiger partial charge on any atom is 0.223 e. The van der Waals surface area contributed by atoms with Crippen LogP contribution in [0.5, 0.6) is 5.75 Å². The molecule has 5 nitrogen and oxygen atoms in total. The number of hydrogen-bond acceptors (Lipinski definition) is 5.